The van der Waals surface area contributed by atoms with E-state index in [1.807, 2.05) is 0 Å². The molecule has 1 fully saturated rings. The monoisotopic (exact) mass is 220 g/mol. The van der Waals surface area contributed by atoms with E-state index in [1.54, 1.807) is 11.3 Å². The van der Waals surface area contributed by atoms with Crippen molar-refractivity contribution in [1.29, 1.82) is 5.26 Å². The summed E-state index contributed by atoms with van der Waals surface area (Å²) in [5.41, 5.74) is 1.40. The van der Waals surface area contributed by atoms with E-state index in [2.05, 4.69) is 27.8 Å². The number of piperidine rings is 1. The first-order chi connectivity index (χ1) is 7.40. The minimum Gasteiger partial charge on any atom is -0.288 e. The van der Waals surface area contributed by atoms with E-state index in [0.717, 1.165) is 25.9 Å². The molecule has 1 saturated heterocycles. The lowest BCUT2D eigenvalue weighted by Crippen LogP contribution is -2.39. The molecule has 1 aromatic rings. The molecular formula is C12H16N2S. The molecule has 1 aromatic heterocycles. The van der Waals surface area contributed by atoms with Gasteiger partial charge in [0.25, 0.3) is 0 Å². The van der Waals surface area contributed by atoms with Gasteiger partial charge in [-0.2, -0.15) is 16.6 Å². The number of hydrogen-bond acceptors (Lipinski definition) is 3. The van der Waals surface area contributed by atoms with E-state index in [-0.39, 0.29) is 6.04 Å². The number of nitrogens with zero attached hydrogens (tertiary/aromatic N) is 2. The number of hydrogen-bond donors (Lipinski definition) is 0. The smallest absolute Gasteiger partial charge is 0.0978 e. The van der Waals surface area contributed by atoms with Gasteiger partial charge in [0, 0.05) is 6.54 Å². The van der Waals surface area contributed by atoms with Crippen molar-refractivity contribution >= 4 is 11.3 Å². The molecule has 2 heterocycles. The molecule has 1 unspecified atom stereocenters. The Kier molecular flexibility index (Phi) is 3.76. The van der Waals surface area contributed by atoms with Gasteiger partial charge in [-0.05, 0) is 54.6 Å². The lowest BCUT2D eigenvalue weighted by molar-refractivity contribution is 0.187. The summed E-state index contributed by atoms with van der Waals surface area (Å²) in [6, 6.07) is 4.75. The SMILES string of the molecule is N#CC1CCCCN1CCc1ccsc1. The summed E-state index contributed by atoms with van der Waals surface area (Å²) in [6.45, 7) is 2.14. The molecular weight excluding hydrogens is 204 g/mol. The number of nitriles is 1. The molecule has 1 atom stereocenters. The Morgan fingerprint density at radius 3 is 3.20 bits per heavy atom. The lowest BCUT2D eigenvalue weighted by atomic mass is 10.0. The molecule has 0 bridgehead atoms. The lowest BCUT2D eigenvalue weighted by Gasteiger charge is -2.31. The number of thiophene rings is 1. The van der Waals surface area contributed by atoms with Gasteiger partial charge in [0.1, 0.15) is 0 Å². The third-order valence-electron chi connectivity index (χ3n) is 3.03. The highest BCUT2D eigenvalue weighted by atomic mass is 32.1. The largest absolute Gasteiger partial charge is 0.288 e. The van der Waals surface area contributed by atoms with Gasteiger partial charge in [-0.1, -0.05) is 0 Å². The van der Waals surface area contributed by atoms with Crippen LogP contribution in [0.4, 0.5) is 0 Å². The zero-order chi connectivity index (χ0) is 10.5. The summed E-state index contributed by atoms with van der Waals surface area (Å²) in [7, 11) is 0. The summed E-state index contributed by atoms with van der Waals surface area (Å²) in [5, 5.41) is 13.3. The van der Waals surface area contributed by atoms with Crippen molar-refractivity contribution in [3.8, 4) is 6.07 Å². The molecule has 3 heteroatoms. The van der Waals surface area contributed by atoms with Crippen LogP contribution in [0.3, 0.4) is 0 Å². The van der Waals surface area contributed by atoms with Crippen molar-refractivity contribution in [1.82, 2.24) is 4.90 Å². The zero-order valence-electron chi connectivity index (χ0n) is 8.85. The van der Waals surface area contributed by atoms with E-state index in [1.165, 1.54) is 18.4 Å². The van der Waals surface area contributed by atoms with Crippen molar-refractivity contribution in [3.05, 3.63) is 22.4 Å². The normalized spacial score (nSPS) is 22.5. The van der Waals surface area contributed by atoms with Crippen LogP contribution in [-0.4, -0.2) is 24.0 Å². The number of likely N-dealkylation sites (tertiary alicyclic amines) is 1. The predicted molar refractivity (Wildman–Crippen MR) is 62.8 cm³/mol. The van der Waals surface area contributed by atoms with Crippen molar-refractivity contribution in [2.45, 2.75) is 31.7 Å². The van der Waals surface area contributed by atoms with Crippen LogP contribution in [0.2, 0.25) is 0 Å². The van der Waals surface area contributed by atoms with Crippen molar-refractivity contribution in [2.24, 2.45) is 0 Å². The van der Waals surface area contributed by atoms with Gasteiger partial charge in [-0.3, -0.25) is 4.90 Å². The second-order valence-electron chi connectivity index (χ2n) is 4.06. The first-order valence-electron chi connectivity index (χ1n) is 5.55. The molecule has 15 heavy (non-hydrogen) atoms. The topological polar surface area (TPSA) is 27.0 Å². The van der Waals surface area contributed by atoms with Gasteiger partial charge < -0.3 is 0 Å². The van der Waals surface area contributed by atoms with Crippen LogP contribution in [0.1, 0.15) is 24.8 Å². The van der Waals surface area contributed by atoms with Gasteiger partial charge in [-0.25, -0.2) is 0 Å². The van der Waals surface area contributed by atoms with Gasteiger partial charge in [0.05, 0.1) is 12.1 Å². The van der Waals surface area contributed by atoms with Crippen molar-refractivity contribution < 1.29 is 0 Å². The fraction of sp³-hybridized carbons (Fsp3) is 0.583. The third-order valence-corrected chi connectivity index (χ3v) is 3.76. The van der Waals surface area contributed by atoms with Crippen molar-refractivity contribution in [2.75, 3.05) is 13.1 Å². The molecule has 0 aromatic carbocycles. The van der Waals surface area contributed by atoms with Crippen LogP contribution in [0.5, 0.6) is 0 Å². The molecule has 80 valence electrons. The average Bonchev–Trinajstić information content (AvgIpc) is 2.79. The quantitative estimate of drug-likeness (QED) is 0.783. The summed E-state index contributed by atoms with van der Waals surface area (Å²) in [4.78, 5) is 2.33. The van der Waals surface area contributed by atoms with Crippen LogP contribution in [0, 0.1) is 11.3 Å². The highest BCUT2D eigenvalue weighted by Gasteiger charge is 2.21. The Labute approximate surface area is 95.1 Å². The number of rotatable bonds is 3. The molecule has 0 spiro atoms. The maximum atomic E-state index is 9.03. The Morgan fingerprint density at radius 1 is 1.53 bits per heavy atom. The maximum absolute atomic E-state index is 9.03. The van der Waals surface area contributed by atoms with Crippen molar-refractivity contribution in [3.63, 3.8) is 0 Å². The second-order valence-corrected chi connectivity index (χ2v) is 4.84. The molecule has 2 rings (SSSR count). The summed E-state index contributed by atoms with van der Waals surface area (Å²) >= 11 is 1.75. The van der Waals surface area contributed by atoms with E-state index < -0.39 is 0 Å². The molecule has 1 aliphatic heterocycles. The standard InChI is InChI=1S/C12H16N2S/c13-9-12-3-1-2-6-14(12)7-4-11-5-8-15-10-11/h5,8,10,12H,1-4,6-7H2. The predicted octanol–water partition coefficient (Wildman–Crippen LogP) is 2.67. The molecule has 0 aliphatic carbocycles. The van der Waals surface area contributed by atoms with Gasteiger partial charge in [0.2, 0.25) is 0 Å². The first kappa shape index (κ1) is 10.7. The molecule has 0 N–H and O–H groups in total. The van der Waals surface area contributed by atoms with E-state index >= 15 is 0 Å². The summed E-state index contributed by atoms with van der Waals surface area (Å²) in [6.07, 6.45) is 4.61. The Bertz CT molecular complexity index is 326. The highest BCUT2D eigenvalue weighted by Crippen LogP contribution is 2.17. The van der Waals surface area contributed by atoms with Crippen LogP contribution in [0.25, 0.3) is 0 Å². The highest BCUT2D eigenvalue weighted by molar-refractivity contribution is 7.07. The molecule has 0 saturated carbocycles. The van der Waals surface area contributed by atoms with Crippen LogP contribution in [0.15, 0.2) is 16.8 Å². The van der Waals surface area contributed by atoms with Crippen LogP contribution < -0.4 is 0 Å². The first-order valence-corrected chi connectivity index (χ1v) is 6.49. The second kappa shape index (κ2) is 5.29. The minimum absolute atomic E-state index is 0.164. The average molecular weight is 220 g/mol. The van der Waals surface area contributed by atoms with E-state index in [9.17, 15) is 0 Å². The van der Waals surface area contributed by atoms with Gasteiger partial charge in [-0.15, -0.1) is 0 Å². The van der Waals surface area contributed by atoms with Crippen LogP contribution in [-0.2, 0) is 6.42 Å². The third kappa shape index (κ3) is 2.80. The molecule has 0 radical (unpaired) electrons. The van der Waals surface area contributed by atoms with E-state index in [4.69, 9.17) is 5.26 Å². The fourth-order valence-electron chi connectivity index (χ4n) is 2.11. The van der Waals surface area contributed by atoms with Gasteiger partial charge >= 0.3 is 0 Å². The maximum Gasteiger partial charge on any atom is 0.0978 e. The fourth-order valence-corrected chi connectivity index (χ4v) is 2.82. The Hall–Kier alpha value is -0.850. The zero-order valence-corrected chi connectivity index (χ0v) is 9.67. The van der Waals surface area contributed by atoms with Crippen LogP contribution >= 0.6 is 11.3 Å². The minimum atomic E-state index is 0.164. The summed E-state index contributed by atoms with van der Waals surface area (Å²) in [5.74, 6) is 0. The Balaban J connectivity index is 1.85. The molecule has 0 amide bonds. The Morgan fingerprint density at radius 2 is 2.47 bits per heavy atom. The van der Waals surface area contributed by atoms with Gasteiger partial charge in [0.15, 0.2) is 0 Å². The molecule has 1 aliphatic rings. The van der Waals surface area contributed by atoms with E-state index in [0.29, 0.717) is 0 Å². The molecule has 2 nitrogen and oxygen atoms in total. The summed E-state index contributed by atoms with van der Waals surface area (Å²) < 4.78 is 0.